The predicted molar refractivity (Wildman–Crippen MR) is 116 cm³/mol. The van der Waals surface area contributed by atoms with Crippen LogP contribution in [0.4, 0.5) is 0 Å². The zero-order valence-corrected chi connectivity index (χ0v) is 17.6. The Hall–Kier alpha value is -3.36. The van der Waals surface area contributed by atoms with E-state index in [4.69, 9.17) is 13.9 Å². The maximum absolute atomic E-state index is 10.9. The Labute approximate surface area is 180 Å². The zero-order valence-electron chi connectivity index (χ0n) is 15.9. The minimum atomic E-state index is -0.878. The highest BCUT2D eigenvalue weighted by Gasteiger charge is 2.08. The van der Waals surface area contributed by atoms with Crippen molar-refractivity contribution < 1.29 is 28.3 Å². The number of hydrogen-bond donors (Lipinski definition) is 1. The van der Waals surface area contributed by atoms with E-state index in [0.717, 1.165) is 21.3 Å². The molecule has 0 aliphatic rings. The van der Waals surface area contributed by atoms with Crippen LogP contribution < -0.4 is 0 Å². The van der Waals surface area contributed by atoms with E-state index in [1.807, 2.05) is 47.2 Å². The summed E-state index contributed by atoms with van der Waals surface area (Å²) < 4.78 is 15.4. The number of carboxylic acids is 1. The van der Waals surface area contributed by atoms with Gasteiger partial charge in [-0.2, -0.15) is 0 Å². The molecule has 1 N–H and O–H groups in total. The number of aliphatic carboxylic acids is 1. The van der Waals surface area contributed by atoms with E-state index in [1.54, 1.807) is 40.9 Å². The van der Waals surface area contributed by atoms with Crippen molar-refractivity contribution in [3.63, 3.8) is 0 Å². The molecule has 0 amide bonds. The number of ether oxygens (including phenoxy) is 1. The summed E-state index contributed by atoms with van der Waals surface area (Å²) in [6.45, 7) is 0. The second-order valence-corrected chi connectivity index (χ2v) is 7.74. The van der Waals surface area contributed by atoms with Crippen molar-refractivity contribution in [3.8, 4) is 21.3 Å². The first-order chi connectivity index (χ1) is 14.5. The number of rotatable bonds is 6. The largest absolute Gasteiger partial charge is 0.481 e. The third-order valence-electron chi connectivity index (χ3n) is 3.73. The van der Waals surface area contributed by atoms with E-state index in [1.165, 1.54) is 13.2 Å². The summed E-state index contributed by atoms with van der Waals surface area (Å²) in [6.07, 6.45) is 2.85. The lowest BCUT2D eigenvalue weighted by Gasteiger charge is -1.90. The van der Waals surface area contributed by atoms with Crippen molar-refractivity contribution in [1.29, 1.82) is 0 Å². The third-order valence-corrected chi connectivity index (χ3v) is 5.50. The summed E-state index contributed by atoms with van der Waals surface area (Å²) in [5, 5.41) is 12.5. The third kappa shape index (κ3) is 6.07. The van der Waals surface area contributed by atoms with E-state index in [2.05, 4.69) is 4.74 Å². The number of thiophene rings is 2. The van der Waals surface area contributed by atoms with Gasteiger partial charge in [0.1, 0.15) is 29.5 Å². The van der Waals surface area contributed by atoms with E-state index in [-0.39, 0.29) is 6.42 Å². The number of esters is 1. The quantitative estimate of drug-likeness (QED) is 0.298. The molecule has 4 rings (SSSR count). The molecule has 0 fully saturated rings. The van der Waals surface area contributed by atoms with E-state index in [9.17, 15) is 9.59 Å². The van der Waals surface area contributed by atoms with Crippen LogP contribution in [0.5, 0.6) is 0 Å². The highest BCUT2D eigenvalue weighted by atomic mass is 32.1. The molecule has 4 heterocycles. The van der Waals surface area contributed by atoms with Gasteiger partial charge in [-0.15, -0.1) is 22.7 Å². The molecule has 0 saturated heterocycles. The fourth-order valence-corrected chi connectivity index (χ4v) is 3.76. The molecule has 154 valence electrons. The second-order valence-electron chi connectivity index (χ2n) is 5.85. The van der Waals surface area contributed by atoms with Gasteiger partial charge in [-0.05, 0) is 53.2 Å². The van der Waals surface area contributed by atoms with Crippen LogP contribution in [0.1, 0.15) is 11.5 Å². The van der Waals surface area contributed by atoms with Crippen LogP contribution >= 0.6 is 22.7 Å². The molecule has 4 aromatic rings. The van der Waals surface area contributed by atoms with Crippen molar-refractivity contribution in [3.05, 3.63) is 76.9 Å². The summed E-state index contributed by atoms with van der Waals surface area (Å²) in [5.74, 6) is 1.39. The molecule has 8 heteroatoms. The Morgan fingerprint density at radius 3 is 2.17 bits per heavy atom. The summed E-state index contributed by atoms with van der Waals surface area (Å²) in [6, 6.07) is 15.0. The molecule has 6 nitrogen and oxygen atoms in total. The Balaban J connectivity index is 0.000000172. The summed E-state index contributed by atoms with van der Waals surface area (Å²) in [4.78, 5) is 23.4. The standard InChI is InChI=1S/C12H10O3S.C10H8O3S/c1-14-12(13)7-5-9-4-6-10(15-9)11-3-2-8-16-11;11-10(12)6-7-3-4-8(13-7)9-2-1-5-14-9/h2-8H,1H3;1-5H,6H2,(H,11,12)/b7-5+;. The summed E-state index contributed by atoms with van der Waals surface area (Å²) in [7, 11) is 1.34. The van der Waals surface area contributed by atoms with Gasteiger partial charge in [0.25, 0.3) is 0 Å². The molecule has 0 bridgehead atoms. The highest BCUT2D eigenvalue weighted by molar-refractivity contribution is 7.13. The molecule has 0 aromatic carbocycles. The molecule has 0 aliphatic carbocycles. The Morgan fingerprint density at radius 2 is 1.60 bits per heavy atom. The van der Waals surface area contributed by atoms with Crippen LogP contribution in [0.15, 0.2) is 74.2 Å². The van der Waals surface area contributed by atoms with Crippen molar-refractivity contribution in [2.45, 2.75) is 6.42 Å². The number of carbonyl (C=O) groups excluding carboxylic acids is 1. The lowest BCUT2D eigenvalue weighted by molar-refractivity contribution is -0.136. The van der Waals surface area contributed by atoms with Crippen LogP contribution in [-0.2, 0) is 20.7 Å². The van der Waals surface area contributed by atoms with Crippen molar-refractivity contribution in [2.75, 3.05) is 7.11 Å². The van der Waals surface area contributed by atoms with Gasteiger partial charge in [0, 0.05) is 6.08 Å². The maximum atomic E-state index is 10.9. The number of hydrogen-bond acceptors (Lipinski definition) is 7. The predicted octanol–water partition coefficient (Wildman–Crippen LogP) is 5.83. The number of carbonyl (C=O) groups is 2. The van der Waals surface area contributed by atoms with Crippen LogP contribution in [0.25, 0.3) is 27.4 Å². The van der Waals surface area contributed by atoms with E-state index in [0.29, 0.717) is 11.5 Å². The summed E-state index contributed by atoms with van der Waals surface area (Å²) >= 11 is 3.18. The van der Waals surface area contributed by atoms with Crippen molar-refractivity contribution >= 4 is 40.7 Å². The first-order valence-electron chi connectivity index (χ1n) is 8.79. The molecular formula is C22H18O6S2. The number of carboxylic acid groups (broad SMARTS) is 1. The first-order valence-corrected chi connectivity index (χ1v) is 10.5. The van der Waals surface area contributed by atoms with Gasteiger partial charge in [0.2, 0.25) is 0 Å². The summed E-state index contributed by atoms with van der Waals surface area (Å²) in [5.41, 5.74) is 0. The molecule has 0 aliphatic heterocycles. The molecule has 0 atom stereocenters. The van der Waals surface area contributed by atoms with Gasteiger partial charge in [-0.3, -0.25) is 4.79 Å². The fraction of sp³-hybridized carbons (Fsp3) is 0.0909. The van der Waals surface area contributed by atoms with Gasteiger partial charge in [0.15, 0.2) is 0 Å². The van der Waals surface area contributed by atoms with Crippen LogP contribution in [0, 0.1) is 0 Å². The van der Waals surface area contributed by atoms with Crippen LogP contribution in [0.3, 0.4) is 0 Å². The molecule has 0 unspecified atom stereocenters. The second kappa shape index (κ2) is 10.4. The monoisotopic (exact) mass is 442 g/mol. The number of furan rings is 2. The Morgan fingerprint density at radius 1 is 0.967 bits per heavy atom. The number of methoxy groups -OCH3 is 1. The average Bonchev–Trinajstić information content (AvgIpc) is 3.53. The lowest BCUT2D eigenvalue weighted by Crippen LogP contribution is -1.97. The van der Waals surface area contributed by atoms with Gasteiger partial charge >= 0.3 is 11.9 Å². The smallest absolute Gasteiger partial charge is 0.330 e. The van der Waals surface area contributed by atoms with Gasteiger partial charge in [-0.1, -0.05) is 12.1 Å². The molecule has 0 radical (unpaired) electrons. The lowest BCUT2D eigenvalue weighted by atomic mass is 10.3. The van der Waals surface area contributed by atoms with E-state index < -0.39 is 11.9 Å². The van der Waals surface area contributed by atoms with Crippen LogP contribution in [-0.4, -0.2) is 24.2 Å². The SMILES string of the molecule is COC(=O)/C=C/c1ccc(-c2cccs2)o1.O=C(O)Cc1ccc(-c2cccs2)o1. The normalized spacial score (nSPS) is 10.6. The van der Waals surface area contributed by atoms with Gasteiger partial charge in [0.05, 0.1) is 16.9 Å². The maximum Gasteiger partial charge on any atom is 0.330 e. The van der Waals surface area contributed by atoms with Gasteiger partial charge < -0.3 is 18.7 Å². The molecular weight excluding hydrogens is 424 g/mol. The fourth-order valence-electron chi connectivity index (χ4n) is 2.38. The van der Waals surface area contributed by atoms with Crippen LogP contribution in [0.2, 0.25) is 0 Å². The van der Waals surface area contributed by atoms with Crippen molar-refractivity contribution in [2.24, 2.45) is 0 Å². The van der Waals surface area contributed by atoms with Crippen molar-refractivity contribution in [1.82, 2.24) is 0 Å². The minimum absolute atomic E-state index is 0.0641. The van der Waals surface area contributed by atoms with Gasteiger partial charge in [-0.25, -0.2) is 4.79 Å². The minimum Gasteiger partial charge on any atom is -0.481 e. The zero-order chi connectivity index (χ0) is 21.3. The Bertz CT molecular complexity index is 1100. The molecule has 0 spiro atoms. The highest BCUT2D eigenvalue weighted by Crippen LogP contribution is 2.27. The van der Waals surface area contributed by atoms with E-state index >= 15 is 0 Å². The molecule has 30 heavy (non-hydrogen) atoms. The average molecular weight is 443 g/mol. The topological polar surface area (TPSA) is 89.9 Å². The molecule has 4 aromatic heterocycles. The molecule has 0 saturated carbocycles. The first kappa shape index (κ1) is 21.4. The Kier molecular flexibility index (Phi) is 7.42.